The molecule has 26 heavy (non-hydrogen) atoms. The molecule has 0 fully saturated rings. The molecule has 2 aromatic rings. The lowest BCUT2D eigenvalue weighted by molar-refractivity contribution is -0.159. The maximum absolute atomic E-state index is 9.10. The van der Waals surface area contributed by atoms with E-state index in [0.29, 0.717) is 6.61 Å². The first kappa shape index (κ1) is 21.5. The van der Waals surface area contributed by atoms with Crippen molar-refractivity contribution in [1.29, 1.82) is 0 Å². The van der Waals surface area contributed by atoms with Gasteiger partial charge in [0.2, 0.25) is 0 Å². The maximum Gasteiger partial charge on any atom is 0.414 e. The Labute approximate surface area is 157 Å². The van der Waals surface area contributed by atoms with Crippen LogP contribution >= 0.6 is 11.6 Å². The standard InChI is InChI=1S/C17H20ClNO.C2H2O4/c1-2-15-12-16(8-9-17(15)18)20-11-10-19-13-14-6-4-3-5-7-14;3-1(4)2(5)6/h3-9,12,19H,2,10-11,13H2,1H3;(H,3,4)(H,5,6). The van der Waals surface area contributed by atoms with Crippen LogP contribution in [0.1, 0.15) is 18.1 Å². The Kier molecular flexibility index (Phi) is 9.82. The maximum atomic E-state index is 9.10. The number of ether oxygens (including phenoxy) is 1. The molecular formula is C19H22ClNO5. The van der Waals surface area contributed by atoms with E-state index in [9.17, 15) is 0 Å². The molecule has 0 aliphatic heterocycles. The molecule has 7 heteroatoms. The normalized spacial score (nSPS) is 9.77. The molecule has 0 aliphatic carbocycles. The summed E-state index contributed by atoms with van der Waals surface area (Å²) in [5, 5.41) is 19.0. The molecule has 0 unspecified atom stereocenters. The third-order valence-electron chi connectivity index (χ3n) is 3.30. The predicted molar refractivity (Wildman–Crippen MR) is 99.7 cm³/mol. The molecule has 0 saturated heterocycles. The molecular weight excluding hydrogens is 358 g/mol. The molecule has 0 heterocycles. The monoisotopic (exact) mass is 379 g/mol. The number of nitrogens with one attached hydrogen (secondary N) is 1. The molecule has 2 aromatic carbocycles. The van der Waals surface area contributed by atoms with Gasteiger partial charge in [-0.3, -0.25) is 0 Å². The molecule has 0 aliphatic rings. The number of carbonyl (C=O) groups is 2. The zero-order valence-electron chi connectivity index (χ0n) is 14.4. The lowest BCUT2D eigenvalue weighted by Gasteiger charge is -2.09. The van der Waals surface area contributed by atoms with E-state index in [0.717, 1.165) is 35.8 Å². The van der Waals surface area contributed by atoms with Gasteiger partial charge < -0.3 is 20.3 Å². The van der Waals surface area contributed by atoms with Crippen molar-refractivity contribution in [3.8, 4) is 5.75 Å². The number of aliphatic carboxylic acids is 2. The molecule has 6 nitrogen and oxygen atoms in total. The highest BCUT2D eigenvalue weighted by Gasteiger charge is 2.04. The minimum absolute atomic E-state index is 0.650. The zero-order chi connectivity index (χ0) is 19.4. The molecule has 3 N–H and O–H groups in total. The molecule has 0 spiro atoms. The summed E-state index contributed by atoms with van der Waals surface area (Å²) in [7, 11) is 0. The van der Waals surface area contributed by atoms with Crippen molar-refractivity contribution in [2.24, 2.45) is 0 Å². The van der Waals surface area contributed by atoms with Gasteiger partial charge in [-0.2, -0.15) is 0 Å². The number of carboxylic acids is 2. The van der Waals surface area contributed by atoms with E-state index >= 15 is 0 Å². The smallest absolute Gasteiger partial charge is 0.414 e. The molecule has 0 atom stereocenters. The second-order valence-corrected chi connectivity index (χ2v) is 5.64. The number of rotatable bonds is 7. The average molecular weight is 380 g/mol. The van der Waals surface area contributed by atoms with Crippen LogP contribution < -0.4 is 10.1 Å². The highest BCUT2D eigenvalue weighted by Crippen LogP contribution is 2.22. The average Bonchev–Trinajstić information content (AvgIpc) is 2.64. The number of aryl methyl sites for hydroxylation is 1. The third kappa shape index (κ3) is 8.50. The van der Waals surface area contributed by atoms with E-state index < -0.39 is 11.9 Å². The summed E-state index contributed by atoms with van der Waals surface area (Å²) in [6, 6.07) is 16.2. The van der Waals surface area contributed by atoms with Gasteiger partial charge in [-0.15, -0.1) is 0 Å². The van der Waals surface area contributed by atoms with Crippen LogP contribution in [-0.2, 0) is 22.6 Å². The Morgan fingerprint density at radius 2 is 1.73 bits per heavy atom. The molecule has 0 bridgehead atoms. The van der Waals surface area contributed by atoms with Gasteiger partial charge in [-0.25, -0.2) is 9.59 Å². The summed E-state index contributed by atoms with van der Waals surface area (Å²) < 4.78 is 5.72. The summed E-state index contributed by atoms with van der Waals surface area (Å²) >= 11 is 6.08. The number of hydrogen-bond acceptors (Lipinski definition) is 4. The largest absolute Gasteiger partial charge is 0.492 e. The van der Waals surface area contributed by atoms with Crippen molar-refractivity contribution in [2.75, 3.05) is 13.2 Å². The Bertz CT molecular complexity index is 694. The molecule has 0 radical (unpaired) electrons. The molecule has 0 amide bonds. The first-order valence-corrected chi connectivity index (χ1v) is 8.44. The van der Waals surface area contributed by atoms with Crippen LogP contribution in [0.2, 0.25) is 5.02 Å². The van der Waals surface area contributed by atoms with Crippen LogP contribution in [0.5, 0.6) is 5.75 Å². The van der Waals surface area contributed by atoms with Gasteiger partial charge in [0.25, 0.3) is 0 Å². The first-order chi connectivity index (χ1) is 12.4. The SMILES string of the molecule is CCc1cc(OCCNCc2ccccc2)ccc1Cl.O=C(O)C(=O)O. The lowest BCUT2D eigenvalue weighted by atomic mass is 10.1. The fourth-order valence-electron chi connectivity index (χ4n) is 1.98. The third-order valence-corrected chi connectivity index (χ3v) is 3.67. The van der Waals surface area contributed by atoms with E-state index in [-0.39, 0.29) is 0 Å². The van der Waals surface area contributed by atoms with Crippen molar-refractivity contribution in [3.05, 3.63) is 64.7 Å². The zero-order valence-corrected chi connectivity index (χ0v) is 15.2. The van der Waals surface area contributed by atoms with E-state index in [1.165, 1.54) is 5.56 Å². The highest BCUT2D eigenvalue weighted by atomic mass is 35.5. The summed E-state index contributed by atoms with van der Waals surface area (Å²) in [6.45, 7) is 4.42. The molecule has 2 rings (SSSR count). The lowest BCUT2D eigenvalue weighted by Crippen LogP contribution is -2.20. The summed E-state index contributed by atoms with van der Waals surface area (Å²) in [4.78, 5) is 18.2. The van der Waals surface area contributed by atoms with Crippen LogP contribution in [0.15, 0.2) is 48.5 Å². The minimum atomic E-state index is -1.82. The fraction of sp³-hybridized carbons (Fsp3) is 0.263. The van der Waals surface area contributed by atoms with Crippen molar-refractivity contribution in [1.82, 2.24) is 5.32 Å². The van der Waals surface area contributed by atoms with E-state index in [1.54, 1.807) is 0 Å². The number of hydrogen-bond donors (Lipinski definition) is 3. The Hall–Kier alpha value is -2.57. The van der Waals surface area contributed by atoms with Crippen molar-refractivity contribution in [2.45, 2.75) is 19.9 Å². The Morgan fingerprint density at radius 1 is 1.08 bits per heavy atom. The molecule has 0 saturated carbocycles. The number of carboxylic acid groups (broad SMARTS) is 2. The van der Waals surface area contributed by atoms with Gasteiger partial charge in [0, 0.05) is 18.1 Å². The van der Waals surface area contributed by atoms with Gasteiger partial charge in [-0.05, 0) is 35.7 Å². The highest BCUT2D eigenvalue weighted by molar-refractivity contribution is 6.31. The number of halogens is 1. The van der Waals surface area contributed by atoms with Crippen LogP contribution in [0.25, 0.3) is 0 Å². The van der Waals surface area contributed by atoms with Gasteiger partial charge in [0.1, 0.15) is 12.4 Å². The summed E-state index contributed by atoms with van der Waals surface area (Å²) in [5.41, 5.74) is 2.41. The molecule has 140 valence electrons. The van der Waals surface area contributed by atoms with Crippen molar-refractivity contribution in [3.63, 3.8) is 0 Å². The van der Waals surface area contributed by atoms with Crippen molar-refractivity contribution >= 4 is 23.5 Å². The van der Waals surface area contributed by atoms with Crippen LogP contribution in [0.4, 0.5) is 0 Å². The van der Waals surface area contributed by atoms with E-state index in [1.807, 2.05) is 36.4 Å². The Morgan fingerprint density at radius 3 is 2.31 bits per heavy atom. The number of benzene rings is 2. The van der Waals surface area contributed by atoms with Gasteiger partial charge in [0.05, 0.1) is 0 Å². The topological polar surface area (TPSA) is 95.9 Å². The second kappa shape index (κ2) is 11.9. The minimum Gasteiger partial charge on any atom is -0.492 e. The van der Waals surface area contributed by atoms with Gasteiger partial charge in [0.15, 0.2) is 0 Å². The predicted octanol–water partition coefficient (Wildman–Crippen LogP) is 3.23. The Balaban J connectivity index is 0.000000487. The first-order valence-electron chi connectivity index (χ1n) is 8.06. The van der Waals surface area contributed by atoms with Gasteiger partial charge >= 0.3 is 11.9 Å². The quantitative estimate of drug-likeness (QED) is 0.505. The molecule has 0 aromatic heterocycles. The second-order valence-electron chi connectivity index (χ2n) is 5.23. The van der Waals surface area contributed by atoms with Crippen molar-refractivity contribution < 1.29 is 24.5 Å². The van der Waals surface area contributed by atoms with Crippen LogP contribution in [0, 0.1) is 0 Å². The fourth-order valence-corrected chi connectivity index (χ4v) is 2.23. The van der Waals surface area contributed by atoms with Crippen LogP contribution in [0.3, 0.4) is 0 Å². The van der Waals surface area contributed by atoms with Crippen LogP contribution in [-0.4, -0.2) is 35.3 Å². The van der Waals surface area contributed by atoms with Gasteiger partial charge in [-0.1, -0.05) is 48.9 Å². The van der Waals surface area contributed by atoms with E-state index in [2.05, 4.69) is 24.4 Å². The summed E-state index contributed by atoms with van der Waals surface area (Å²) in [5.74, 6) is -2.77. The summed E-state index contributed by atoms with van der Waals surface area (Å²) in [6.07, 6.45) is 0.919. The van der Waals surface area contributed by atoms with E-state index in [4.69, 9.17) is 36.1 Å².